The molecule has 0 unspecified atom stereocenters. The lowest BCUT2D eigenvalue weighted by molar-refractivity contribution is -0.128. The number of nitrogens with zero attached hydrogens (tertiary/aromatic N) is 4. The Morgan fingerprint density at radius 3 is 2.70 bits per heavy atom. The molecule has 0 saturated carbocycles. The summed E-state index contributed by atoms with van der Waals surface area (Å²) in [6.07, 6.45) is 3.63. The number of carbonyl (C=O) groups excluding carboxylic acids is 1. The maximum atomic E-state index is 12.2. The molecule has 124 valence electrons. The van der Waals surface area contributed by atoms with Gasteiger partial charge in [0, 0.05) is 13.1 Å². The fraction of sp³-hybridized carbons (Fsp3) is 0.600. The second kappa shape index (κ2) is 5.68. The fourth-order valence-corrected chi connectivity index (χ4v) is 2.73. The van der Waals surface area contributed by atoms with E-state index in [0.29, 0.717) is 17.0 Å². The van der Waals surface area contributed by atoms with Crippen molar-refractivity contribution in [1.29, 1.82) is 0 Å². The Balaban J connectivity index is 1.84. The second-order valence-electron chi connectivity index (χ2n) is 6.82. The minimum Gasteiger partial charge on any atom is -0.347 e. The SMILES string of the molecule is CC(C)(C)n1ncc2c(=O)[nH]c(NCC(=O)N3CCCC3)nc21. The topological polar surface area (TPSA) is 95.9 Å². The van der Waals surface area contributed by atoms with E-state index in [1.54, 1.807) is 4.68 Å². The number of aromatic amines is 1. The van der Waals surface area contributed by atoms with Crippen molar-refractivity contribution >= 4 is 22.9 Å². The second-order valence-corrected chi connectivity index (χ2v) is 6.82. The largest absolute Gasteiger partial charge is 0.347 e. The zero-order valence-electron chi connectivity index (χ0n) is 13.7. The van der Waals surface area contributed by atoms with Gasteiger partial charge in [-0.25, -0.2) is 4.68 Å². The van der Waals surface area contributed by atoms with Gasteiger partial charge in [-0.05, 0) is 33.6 Å². The van der Waals surface area contributed by atoms with Gasteiger partial charge in [0.25, 0.3) is 5.56 Å². The van der Waals surface area contributed by atoms with E-state index in [9.17, 15) is 9.59 Å². The maximum Gasteiger partial charge on any atom is 0.263 e. The van der Waals surface area contributed by atoms with Crippen molar-refractivity contribution in [3.63, 3.8) is 0 Å². The fourth-order valence-electron chi connectivity index (χ4n) is 2.73. The monoisotopic (exact) mass is 318 g/mol. The van der Waals surface area contributed by atoms with Crippen LogP contribution in [0.4, 0.5) is 5.95 Å². The molecule has 1 fully saturated rings. The molecule has 0 aliphatic carbocycles. The first-order valence-corrected chi connectivity index (χ1v) is 7.86. The summed E-state index contributed by atoms with van der Waals surface area (Å²) in [7, 11) is 0. The molecule has 0 radical (unpaired) electrons. The molecule has 3 heterocycles. The Labute approximate surface area is 133 Å². The van der Waals surface area contributed by atoms with Crippen LogP contribution < -0.4 is 10.9 Å². The molecule has 23 heavy (non-hydrogen) atoms. The van der Waals surface area contributed by atoms with Gasteiger partial charge in [0.1, 0.15) is 5.39 Å². The smallest absolute Gasteiger partial charge is 0.263 e. The highest BCUT2D eigenvalue weighted by molar-refractivity contribution is 5.81. The predicted octanol–water partition coefficient (Wildman–Crippen LogP) is 0.909. The number of H-pyrrole nitrogens is 1. The number of rotatable bonds is 3. The highest BCUT2D eigenvalue weighted by Gasteiger charge is 2.21. The van der Waals surface area contributed by atoms with E-state index in [1.165, 1.54) is 6.20 Å². The molecule has 0 bridgehead atoms. The zero-order valence-corrected chi connectivity index (χ0v) is 13.7. The molecule has 0 spiro atoms. The van der Waals surface area contributed by atoms with Gasteiger partial charge in [-0.1, -0.05) is 0 Å². The van der Waals surface area contributed by atoms with Crippen molar-refractivity contribution in [1.82, 2.24) is 24.6 Å². The molecule has 1 saturated heterocycles. The summed E-state index contributed by atoms with van der Waals surface area (Å²) < 4.78 is 1.71. The molecule has 3 rings (SSSR count). The van der Waals surface area contributed by atoms with Crippen LogP contribution in [0.25, 0.3) is 11.0 Å². The summed E-state index contributed by atoms with van der Waals surface area (Å²) in [5.74, 6) is 0.315. The van der Waals surface area contributed by atoms with Gasteiger partial charge in [0.05, 0.1) is 18.3 Å². The number of carbonyl (C=O) groups is 1. The molecule has 1 amide bonds. The van der Waals surface area contributed by atoms with Crippen LogP contribution in [0, 0.1) is 0 Å². The lowest BCUT2D eigenvalue weighted by Gasteiger charge is -2.20. The van der Waals surface area contributed by atoms with Gasteiger partial charge in [0.2, 0.25) is 11.9 Å². The summed E-state index contributed by atoms with van der Waals surface area (Å²) in [6.45, 7) is 7.71. The number of hydrogen-bond donors (Lipinski definition) is 2. The summed E-state index contributed by atoms with van der Waals surface area (Å²) in [5, 5.41) is 7.62. The van der Waals surface area contributed by atoms with E-state index < -0.39 is 0 Å². The summed E-state index contributed by atoms with van der Waals surface area (Å²) in [4.78, 5) is 33.1. The predicted molar refractivity (Wildman–Crippen MR) is 87.4 cm³/mol. The van der Waals surface area contributed by atoms with Gasteiger partial charge < -0.3 is 10.2 Å². The van der Waals surface area contributed by atoms with Crippen LogP contribution in [0.3, 0.4) is 0 Å². The molecular formula is C15H22N6O2. The first-order chi connectivity index (χ1) is 10.9. The first-order valence-electron chi connectivity index (χ1n) is 7.86. The van der Waals surface area contributed by atoms with E-state index in [-0.39, 0.29) is 23.6 Å². The van der Waals surface area contributed by atoms with Crippen molar-refractivity contribution in [2.24, 2.45) is 0 Å². The third kappa shape index (κ3) is 3.06. The molecule has 1 aliphatic rings. The minimum absolute atomic E-state index is 0.0228. The van der Waals surface area contributed by atoms with Gasteiger partial charge >= 0.3 is 0 Å². The first kappa shape index (κ1) is 15.5. The summed E-state index contributed by atoms with van der Waals surface area (Å²) in [5.41, 5.74) is -0.0375. The average molecular weight is 318 g/mol. The minimum atomic E-state index is -0.287. The summed E-state index contributed by atoms with van der Waals surface area (Å²) in [6, 6.07) is 0. The normalized spacial score (nSPS) is 15.3. The van der Waals surface area contributed by atoms with Crippen LogP contribution in [0.2, 0.25) is 0 Å². The van der Waals surface area contributed by atoms with E-state index in [0.717, 1.165) is 25.9 Å². The average Bonchev–Trinajstić information content (AvgIpc) is 3.13. The number of nitrogens with one attached hydrogen (secondary N) is 2. The molecule has 1 aliphatic heterocycles. The molecule has 2 N–H and O–H groups in total. The number of amides is 1. The quantitative estimate of drug-likeness (QED) is 0.877. The molecule has 2 aromatic heterocycles. The van der Waals surface area contributed by atoms with Crippen LogP contribution >= 0.6 is 0 Å². The van der Waals surface area contributed by atoms with Crippen molar-refractivity contribution in [2.75, 3.05) is 25.0 Å². The molecule has 2 aromatic rings. The number of hydrogen-bond acceptors (Lipinski definition) is 5. The van der Waals surface area contributed by atoms with Gasteiger partial charge in [-0.2, -0.15) is 10.1 Å². The lowest BCUT2D eigenvalue weighted by atomic mass is 10.1. The van der Waals surface area contributed by atoms with Crippen LogP contribution in [0.5, 0.6) is 0 Å². The van der Waals surface area contributed by atoms with Crippen molar-refractivity contribution in [3.05, 3.63) is 16.6 Å². The Morgan fingerprint density at radius 1 is 1.35 bits per heavy atom. The van der Waals surface area contributed by atoms with Crippen LogP contribution in [0.1, 0.15) is 33.6 Å². The Kier molecular flexibility index (Phi) is 3.83. The third-order valence-corrected chi connectivity index (χ3v) is 3.94. The molecule has 0 atom stereocenters. The van der Waals surface area contributed by atoms with Crippen LogP contribution in [-0.4, -0.2) is 50.2 Å². The van der Waals surface area contributed by atoms with Gasteiger partial charge in [-0.3, -0.25) is 14.6 Å². The number of likely N-dealkylation sites (tertiary alicyclic amines) is 1. The Hall–Kier alpha value is -2.38. The standard InChI is InChI=1S/C15H22N6O2/c1-15(2,3)21-12-10(8-17-21)13(23)19-14(18-12)16-9-11(22)20-6-4-5-7-20/h8H,4-7,9H2,1-3H3,(H2,16,18,19,23). The maximum absolute atomic E-state index is 12.2. The Bertz CT molecular complexity index is 779. The van der Waals surface area contributed by atoms with E-state index in [4.69, 9.17) is 0 Å². The Morgan fingerprint density at radius 2 is 2.04 bits per heavy atom. The molecular weight excluding hydrogens is 296 g/mol. The van der Waals surface area contributed by atoms with Crippen molar-refractivity contribution < 1.29 is 4.79 Å². The van der Waals surface area contributed by atoms with E-state index in [2.05, 4.69) is 20.4 Å². The molecule has 8 nitrogen and oxygen atoms in total. The highest BCUT2D eigenvalue weighted by Crippen LogP contribution is 2.18. The third-order valence-electron chi connectivity index (χ3n) is 3.94. The lowest BCUT2D eigenvalue weighted by Crippen LogP contribution is -2.33. The van der Waals surface area contributed by atoms with Gasteiger partial charge in [0.15, 0.2) is 5.65 Å². The van der Waals surface area contributed by atoms with E-state index >= 15 is 0 Å². The van der Waals surface area contributed by atoms with Gasteiger partial charge in [-0.15, -0.1) is 0 Å². The number of aromatic nitrogens is 4. The molecule has 0 aromatic carbocycles. The summed E-state index contributed by atoms with van der Waals surface area (Å²) >= 11 is 0. The zero-order chi connectivity index (χ0) is 16.6. The van der Waals surface area contributed by atoms with Crippen LogP contribution in [-0.2, 0) is 10.3 Å². The van der Waals surface area contributed by atoms with Crippen molar-refractivity contribution in [2.45, 2.75) is 39.2 Å². The number of anilines is 1. The van der Waals surface area contributed by atoms with Crippen LogP contribution in [0.15, 0.2) is 11.0 Å². The number of fused-ring (bicyclic) bond motifs is 1. The highest BCUT2D eigenvalue weighted by atomic mass is 16.2. The molecule has 8 heteroatoms. The van der Waals surface area contributed by atoms with E-state index in [1.807, 2.05) is 25.7 Å². The van der Waals surface area contributed by atoms with Crippen molar-refractivity contribution in [3.8, 4) is 0 Å².